The van der Waals surface area contributed by atoms with Gasteiger partial charge in [-0.15, -0.1) is 0 Å². The summed E-state index contributed by atoms with van der Waals surface area (Å²) >= 11 is 0. The van der Waals surface area contributed by atoms with Gasteiger partial charge >= 0.3 is 23.5 Å². The highest BCUT2D eigenvalue weighted by molar-refractivity contribution is 7.66. The Morgan fingerprint density at radius 2 is 1.83 bits per heavy atom. The maximum absolute atomic E-state index is 11.9. The molecule has 1 amide bonds. The number of fused-ring (bicyclic) bond motifs is 1. The van der Waals surface area contributed by atoms with Crippen molar-refractivity contribution in [2.24, 2.45) is 5.73 Å². The van der Waals surface area contributed by atoms with Crippen LogP contribution in [-0.4, -0.2) is 74.6 Å². The molecule has 0 radical (unpaired) electrons. The lowest BCUT2D eigenvalue weighted by molar-refractivity contribution is -0.0947. The van der Waals surface area contributed by atoms with Crippen molar-refractivity contribution >= 4 is 46.2 Å². The molecule has 6 atom stereocenters. The van der Waals surface area contributed by atoms with Gasteiger partial charge in [0, 0.05) is 6.20 Å². The van der Waals surface area contributed by atoms with Gasteiger partial charge in [0.1, 0.15) is 35.6 Å². The number of ether oxygens (including phenoxy) is 1. The minimum atomic E-state index is -5.76. The summed E-state index contributed by atoms with van der Waals surface area (Å²) in [6.45, 7) is 0.0734. The number of nitrogens with zero attached hydrogens (tertiary/aromatic N) is 3. The van der Waals surface area contributed by atoms with Crippen molar-refractivity contribution in [2.45, 2.75) is 31.0 Å². The van der Waals surface area contributed by atoms with E-state index in [0.29, 0.717) is 0 Å². The van der Waals surface area contributed by atoms with Crippen LogP contribution in [0, 0.1) is 0 Å². The van der Waals surface area contributed by atoms with Gasteiger partial charge < -0.3 is 50.6 Å². The highest BCUT2D eigenvalue weighted by Crippen LogP contribution is 2.66. The van der Waals surface area contributed by atoms with E-state index in [1.807, 2.05) is 0 Å². The van der Waals surface area contributed by atoms with E-state index in [1.165, 1.54) is 0 Å². The van der Waals surface area contributed by atoms with E-state index in [9.17, 15) is 38.5 Å². The molecule has 2 unspecified atom stereocenters. The lowest BCUT2D eigenvalue weighted by Gasteiger charge is -2.27. The van der Waals surface area contributed by atoms with Gasteiger partial charge in [0.15, 0.2) is 6.23 Å². The van der Waals surface area contributed by atoms with Crippen LogP contribution >= 0.6 is 23.5 Å². The summed E-state index contributed by atoms with van der Waals surface area (Å²) in [5, 5.41) is 21.4. The number of phosphoric ester groups is 1. The van der Waals surface area contributed by atoms with E-state index in [2.05, 4.69) is 23.1 Å². The zero-order valence-electron chi connectivity index (χ0n) is 17.4. The number of primary amides is 1. The maximum Gasteiger partial charge on any atom is 0.490 e. The van der Waals surface area contributed by atoms with E-state index >= 15 is 0 Å². The molecule has 2 aromatic rings. The van der Waals surface area contributed by atoms with Crippen LogP contribution in [0.2, 0.25) is 0 Å². The Morgan fingerprint density at radius 3 is 2.40 bits per heavy atom. The van der Waals surface area contributed by atoms with Crippen LogP contribution in [0.1, 0.15) is 23.5 Å². The fraction of sp³-hybridized carbons (Fsp3) is 0.462. The summed E-state index contributed by atoms with van der Waals surface area (Å²) < 4.78 is 52.3. The molecule has 22 heteroatoms. The van der Waals surface area contributed by atoms with Crippen molar-refractivity contribution in [3.05, 3.63) is 18.1 Å². The average Bonchev–Trinajstić information content (AvgIpc) is 3.14. The predicted molar refractivity (Wildman–Crippen MR) is 111 cm³/mol. The molecule has 196 valence electrons. The number of hydrogen-bond acceptors (Lipinski definition) is 13. The topological polar surface area (TPSA) is 309 Å². The van der Waals surface area contributed by atoms with Crippen molar-refractivity contribution in [1.29, 1.82) is 0 Å². The number of carbonyl (C=O) groups is 1. The Kier molecular flexibility index (Phi) is 7.33. The van der Waals surface area contributed by atoms with Gasteiger partial charge in [0.05, 0.1) is 17.6 Å². The van der Waals surface area contributed by atoms with E-state index in [1.54, 1.807) is 0 Å². The number of hydrogen-bond donors (Lipinski definition) is 8. The first-order valence-corrected chi connectivity index (χ1v) is 13.6. The molecule has 1 aliphatic rings. The number of carbonyl (C=O) groups excluding carboxylic acids is 1. The average molecular weight is 563 g/mol. The number of anilines is 1. The Balaban J connectivity index is 1.84. The lowest BCUT2D eigenvalue weighted by atomic mass is 9.96. The predicted octanol–water partition coefficient (Wildman–Crippen LogP) is -1.54. The first kappa shape index (κ1) is 27.8. The number of rotatable bonds is 9. The third-order valence-electron chi connectivity index (χ3n) is 4.73. The van der Waals surface area contributed by atoms with Crippen LogP contribution in [0.25, 0.3) is 11.0 Å². The second-order valence-electron chi connectivity index (χ2n) is 7.36. The molecule has 0 spiro atoms. The molecule has 10 N–H and O–H groups in total. The van der Waals surface area contributed by atoms with Gasteiger partial charge in [-0.05, 0) is 6.92 Å². The van der Waals surface area contributed by atoms with E-state index in [-0.39, 0.29) is 22.4 Å². The minimum absolute atomic E-state index is 0.0164. The zero-order chi connectivity index (χ0) is 26.6. The molecular weight excluding hydrogens is 543 g/mol. The number of aliphatic hydroxyl groups is 2. The molecule has 1 aliphatic heterocycles. The molecule has 1 fully saturated rings. The molecule has 0 aromatic carbocycles. The number of nitrogen functional groups attached to an aromatic ring is 1. The molecule has 0 saturated carbocycles. The molecular formula is C13H20N5O14P3. The van der Waals surface area contributed by atoms with Crippen LogP contribution in [0.4, 0.5) is 5.82 Å². The number of aromatic nitrogens is 3. The summed E-state index contributed by atoms with van der Waals surface area (Å²) in [5.74, 6) is -1.04. The highest BCUT2D eigenvalue weighted by atomic mass is 31.3. The summed E-state index contributed by atoms with van der Waals surface area (Å²) in [4.78, 5) is 55.5. The zero-order valence-corrected chi connectivity index (χ0v) is 20.1. The number of nitrogens with two attached hydrogens (primary N) is 2. The van der Waals surface area contributed by atoms with Crippen molar-refractivity contribution in [3.8, 4) is 0 Å². The van der Waals surface area contributed by atoms with Crippen molar-refractivity contribution in [2.75, 3.05) is 12.3 Å². The highest BCUT2D eigenvalue weighted by Gasteiger charge is 2.54. The van der Waals surface area contributed by atoms with Crippen LogP contribution in [-0.2, 0) is 31.6 Å². The summed E-state index contributed by atoms with van der Waals surface area (Å²) in [6, 6.07) is 0. The molecule has 0 aliphatic carbocycles. The Hall–Kier alpha value is -1.82. The Labute approximate surface area is 194 Å². The van der Waals surface area contributed by atoms with Gasteiger partial charge in [0.25, 0.3) is 5.91 Å². The standard InChI is InChI=1S/C13H20N5O14P3/c1-13(21)8(19)6(3-29-34(25,26)32-35(27,28)31-33(22,23)24)30-12(13)18-2-5(10(15)20)7-9(14)16-4-17-11(7)18/h2,4,6,8,12,19,21H,3H2,1H3,(H2,15,20)(H,25,26)(H,27,28)(H2,14,16,17)(H2,22,23,24)/t6-,8-,12-,13-/m1/s1. The van der Waals surface area contributed by atoms with Gasteiger partial charge in [-0.3, -0.25) is 9.32 Å². The third-order valence-corrected chi connectivity index (χ3v) is 8.53. The summed E-state index contributed by atoms with van der Waals surface area (Å²) in [7, 11) is -16.9. The van der Waals surface area contributed by atoms with Crippen LogP contribution in [0.3, 0.4) is 0 Å². The lowest BCUT2D eigenvalue weighted by Crippen LogP contribution is -2.44. The van der Waals surface area contributed by atoms with Crippen molar-refractivity contribution in [1.82, 2.24) is 14.5 Å². The summed E-state index contributed by atoms with van der Waals surface area (Å²) in [5.41, 5.74) is 8.85. The Morgan fingerprint density at radius 1 is 1.20 bits per heavy atom. The first-order valence-electron chi connectivity index (χ1n) is 9.10. The molecule has 1 saturated heterocycles. The molecule has 35 heavy (non-hydrogen) atoms. The molecule has 3 heterocycles. The van der Waals surface area contributed by atoms with Gasteiger partial charge in [-0.2, -0.15) is 8.62 Å². The minimum Gasteiger partial charge on any atom is -0.387 e. The molecule has 19 nitrogen and oxygen atoms in total. The second kappa shape index (κ2) is 9.24. The quantitative estimate of drug-likeness (QED) is 0.160. The van der Waals surface area contributed by atoms with Gasteiger partial charge in [-0.25, -0.2) is 23.7 Å². The van der Waals surface area contributed by atoms with Crippen molar-refractivity contribution in [3.63, 3.8) is 0 Å². The Bertz CT molecular complexity index is 1290. The third kappa shape index (κ3) is 5.95. The van der Waals surface area contributed by atoms with Gasteiger partial charge in [-0.1, -0.05) is 0 Å². The van der Waals surface area contributed by atoms with Gasteiger partial charge in [0.2, 0.25) is 0 Å². The first-order chi connectivity index (χ1) is 15.8. The largest absolute Gasteiger partial charge is 0.490 e. The SMILES string of the molecule is C[C@@]1(O)[C@H](O)[C@@H](COP(=O)(O)OP(=O)(O)OP(=O)(O)O)O[C@H]1n1cc(C(N)=O)c2c(N)ncnc21. The number of amides is 1. The van der Waals surface area contributed by atoms with E-state index in [4.69, 9.17) is 26.0 Å². The number of aliphatic hydroxyl groups excluding tert-OH is 1. The molecule has 0 bridgehead atoms. The van der Waals surface area contributed by atoms with Crippen LogP contribution < -0.4 is 11.5 Å². The van der Waals surface area contributed by atoms with Crippen molar-refractivity contribution < 1.29 is 66.2 Å². The smallest absolute Gasteiger partial charge is 0.387 e. The van der Waals surface area contributed by atoms with E-state index < -0.39 is 60.0 Å². The van der Waals surface area contributed by atoms with Crippen LogP contribution in [0.15, 0.2) is 12.5 Å². The summed E-state index contributed by atoms with van der Waals surface area (Å²) in [6.07, 6.45) is -2.74. The van der Waals surface area contributed by atoms with Crippen LogP contribution in [0.5, 0.6) is 0 Å². The molecule has 2 aromatic heterocycles. The second-order valence-corrected chi connectivity index (χ2v) is 11.8. The number of phosphoric acid groups is 3. The molecule has 3 rings (SSSR count). The maximum atomic E-state index is 11.9. The monoisotopic (exact) mass is 563 g/mol. The normalized spacial score (nSPS) is 28.6. The fourth-order valence-electron chi connectivity index (χ4n) is 3.32. The fourth-order valence-corrected chi connectivity index (χ4v) is 6.35. The van der Waals surface area contributed by atoms with E-state index in [0.717, 1.165) is 24.0 Å².